The number of hydrogen-bond acceptors (Lipinski definition) is 5. The number of amidine groups is 1. The fourth-order valence-electron chi connectivity index (χ4n) is 3.57. The van der Waals surface area contributed by atoms with E-state index in [1.54, 1.807) is 24.3 Å². The van der Waals surface area contributed by atoms with Crippen LogP contribution in [0.2, 0.25) is 10.0 Å². The maximum atomic E-state index is 14.3. The van der Waals surface area contributed by atoms with E-state index in [4.69, 9.17) is 23.2 Å². The quantitative estimate of drug-likeness (QED) is 0.336. The summed E-state index contributed by atoms with van der Waals surface area (Å²) in [4.78, 5) is 25.0. The molecule has 0 unspecified atom stereocenters. The van der Waals surface area contributed by atoms with Crippen LogP contribution in [-0.2, 0) is 12.8 Å². The van der Waals surface area contributed by atoms with Gasteiger partial charge in [0.05, 0.1) is 33.7 Å². The number of nitrogens with zero attached hydrogens (tertiary/aromatic N) is 3. The van der Waals surface area contributed by atoms with Crippen LogP contribution in [-0.4, -0.2) is 34.7 Å². The minimum atomic E-state index is -0.976. The van der Waals surface area contributed by atoms with Crippen molar-refractivity contribution in [3.05, 3.63) is 81.2 Å². The molecule has 1 aromatic carbocycles. The van der Waals surface area contributed by atoms with Gasteiger partial charge in [0.2, 0.25) is 11.9 Å². The molecule has 2 aromatic heterocycles. The van der Waals surface area contributed by atoms with Crippen molar-refractivity contribution in [2.45, 2.75) is 25.7 Å². The molecular formula is C24H20Cl2F2N4O. The topological polar surface area (TPSA) is 67.2 Å². The Morgan fingerprint density at radius 1 is 0.939 bits per heavy atom. The minimum absolute atomic E-state index is 0.0353. The number of benzene rings is 1. The number of nitrogens with one attached hydrogen (secondary N) is 1. The van der Waals surface area contributed by atoms with Crippen molar-refractivity contribution >= 4 is 34.8 Å². The highest BCUT2D eigenvalue weighted by molar-refractivity contribution is 6.42. The number of carbonyl (C=O) groups excluding carboxylic acids is 1. The number of halogens is 4. The third kappa shape index (κ3) is 5.92. The van der Waals surface area contributed by atoms with E-state index < -0.39 is 11.9 Å². The van der Waals surface area contributed by atoms with Crippen LogP contribution in [0, 0.1) is 11.9 Å². The van der Waals surface area contributed by atoms with Crippen LogP contribution in [0.3, 0.4) is 0 Å². The van der Waals surface area contributed by atoms with E-state index in [-0.39, 0.29) is 29.2 Å². The normalized spacial score (nSPS) is 13.0. The van der Waals surface area contributed by atoms with Gasteiger partial charge in [-0.15, -0.1) is 0 Å². The number of ketones is 1. The standard InChI is InChI=1S/C24H20Cl2F2N4O/c25-17-5-1-14(11-18(17)26)2-6-21(33)20-13-15(3-8-23-29-9-10-30-23)12-19(31-20)16-4-7-22(27)32-24(16)28/h1,4-5,7,11-13H,2-3,6,8-10H2,(H,29,30). The highest BCUT2D eigenvalue weighted by atomic mass is 35.5. The third-order valence-electron chi connectivity index (χ3n) is 5.28. The molecule has 170 valence electrons. The number of hydrogen-bond donors (Lipinski definition) is 1. The lowest BCUT2D eigenvalue weighted by molar-refractivity contribution is 0.0978. The average Bonchev–Trinajstić information content (AvgIpc) is 3.32. The van der Waals surface area contributed by atoms with Crippen molar-refractivity contribution in [3.8, 4) is 11.3 Å². The van der Waals surface area contributed by atoms with Crippen LogP contribution in [0.1, 0.15) is 34.5 Å². The molecule has 0 saturated carbocycles. The van der Waals surface area contributed by atoms with Gasteiger partial charge in [-0.2, -0.15) is 13.8 Å². The summed E-state index contributed by atoms with van der Waals surface area (Å²) in [5.41, 5.74) is 2.16. The summed E-state index contributed by atoms with van der Waals surface area (Å²) in [5, 5.41) is 4.08. The average molecular weight is 489 g/mol. The van der Waals surface area contributed by atoms with E-state index in [1.807, 2.05) is 6.07 Å². The Labute approximate surface area is 199 Å². The summed E-state index contributed by atoms with van der Waals surface area (Å²) in [5.74, 6) is -1.20. The highest BCUT2D eigenvalue weighted by Gasteiger charge is 2.16. The third-order valence-corrected chi connectivity index (χ3v) is 6.02. The van der Waals surface area contributed by atoms with Crippen molar-refractivity contribution in [2.24, 2.45) is 4.99 Å². The molecule has 0 bridgehead atoms. The van der Waals surface area contributed by atoms with Gasteiger partial charge in [-0.1, -0.05) is 29.3 Å². The molecule has 1 aliphatic heterocycles. The summed E-state index contributed by atoms with van der Waals surface area (Å²) in [6.45, 7) is 1.55. The summed E-state index contributed by atoms with van der Waals surface area (Å²) < 4.78 is 27.6. The van der Waals surface area contributed by atoms with Crippen LogP contribution in [0.4, 0.5) is 8.78 Å². The van der Waals surface area contributed by atoms with Crippen molar-refractivity contribution in [2.75, 3.05) is 13.1 Å². The van der Waals surface area contributed by atoms with Gasteiger partial charge < -0.3 is 5.32 Å². The first kappa shape index (κ1) is 23.3. The molecule has 0 atom stereocenters. The zero-order chi connectivity index (χ0) is 23.4. The predicted molar refractivity (Wildman–Crippen MR) is 125 cm³/mol. The highest BCUT2D eigenvalue weighted by Crippen LogP contribution is 2.25. The van der Waals surface area contributed by atoms with Gasteiger partial charge in [0, 0.05) is 19.4 Å². The van der Waals surface area contributed by atoms with Gasteiger partial charge >= 0.3 is 0 Å². The first-order valence-corrected chi connectivity index (χ1v) is 11.2. The van der Waals surface area contributed by atoms with Gasteiger partial charge in [-0.05, 0) is 60.4 Å². The number of aryl methyl sites for hydroxylation is 2. The van der Waals surface area contributed by atoms with Crippen molar-refractivity contribution in [1.29, 1.82) is 0 Å². The molecule has 1 aliphatic rings. The lowest BCUT2D eigenvalue weighted by atomic mass is 10.0. The lowest BCUT2D eigenvalue weighted by Crippen LogP contribution is -2.19. The minimum Gasteiger partial charge on any atom is -0.372 e. The van der Waals surface area contributed by atoms with Crippen molar-refractivity contribution in [3.63, 3.8) is 0 Å². The number of aromatic nitrogens is 2. The van der Waals surface area contributed by atoms with Gasteiger partial charge in [-0.3, -0.25) is 9.79 Å². The largest absolute Gasteiger partial charge is 0.372 e. The predicted octanol–water partition coefficient (Wildman–Crippen LogP) is 5.48. The van der Waals surface area contributed by atoms with Crippen molar-refractivity contribution in [1.82, 2.24) is 15.3 Å². The van der Waals surface area contributed by atoms with E-state index in [0.717, 1.165) is 36.1 Å². The lowest BCUT2D eigenvalue weighted by Gasteiger charge is -2.10. The van der Waals surface area contributed by atoms with Gasteiger partial charge in [0.15, 0.2) is 5.78 Å². The van der Waals surface area contributed by atoms with E-state index in [9.17, 15) is 13.6 Å². The summed E-state index contributed by atoms with van der Waals surface area (Å²) in [6.07, 6.45) is 1.88. The van der Waals surface area contributed by atoms with E-state index in [2.05, 4.69) is 20.3 Å². The second kappa shape index (κ2) is 10.4. The maximum Gasteiger partial charge on any atom is 0.224 e. The molecule has 0 radical (unpaired) electrons. The maximum absolute atomic E-state index is 14.3. The zero-order valence-corrected chi connectivity index (χ0v) is 19.1. The van der Waals surface area contributed by atoms with Crippen LogP contribution in [0.5, 0.6) is 0 Å². The molecule has 0 amide bonds. The Morgan fingerprint density at radius 3 is 2.52 bits per heavy atom. The molecule has 1 N–H and O–H groups in total. The number of carbonyl (C=O) groups is 1. The summed E-state index contributed by atoms with van der Waals surface area (Å²) in [7, 11) is 0. The van der Waals surface area contributed by atoms with E-state index >= 15 is 0 Å². The van der Waals surface area contributed by atoms with E-state index in [0.29, 0.717) is 29.3 Å². The van der Waals surface area contributed by atoms with Crippen LogP contribution < -0.4 is 5.32 Å². The Kier molecular flexibility index (Phi) is 7.30. The second-order valence-corrected chi connectivity index (χ2v) is 8.46. The fourth-order valence-corrected chi connectivity index (χ4v) is 3.89. The van der Waals surface area contributed by atoms with E-state index in [1.165, 1.54) is 6.07 Å². The first-order chi connectivity index (χ1) is 15.9. The molecule has 3 aromatic rings. The summed E-state index contributed by atoms with van der Waals surface area (Å²) >= 11 is 12.0. The Bertz CT molecular complexity index is 1230. The van der Waals surface area contributed by atoms with Gasteiger partial charge in [-0.25, -0.2) is 4.98 Å². The van der Waals surface area contributed by atoms with Crippen LogP contribution >= 0.6 is 23.2 Å². The summed E-state index contributed by atoms with van der Waals surface area (Å²) in [6, 6.07) is 11.0. The number of aliphatic imine (C=N–C) groups is 1. The van der Waals surface area contributed by atoms with Crippen LogP contribution in [0.15, 0.2) is 47.5 Å². The van der Waals surface area contributed by atoms with Crippen LogP contribution in [0.25, 0.3) is 11.3 Å². The second-order valence-electron chi connectivity index (χ2n) is 7.65. The molecular weight excluding hydrogens is 469 g/mol. The number of rotatable bonds is 8. The number of pyridine rings is 2. The molecule has 9 heteroatoms. The number of Topliss-reactive ketones (excluding diaryl/α,β-unsaturated/α-hetero) is 1. The van der Waals surface area contributed by atoms with Crippen molar-refractivity contribution < 1.29 is 13.6 Å². The molecule has 5 nitrogen and oxygen atoms in total. The Hall–Kier alpha value is -2.90. The molecule has 4 rings (SSSR count). The smallest absolute Gasteiger partial charge is 0.224 e. The zero-order valence-electron chi connectivity index (χ0n) is 17.5. The molecule has 0 aliphatic carbocycles. The van der Waals surface area contributed by atoms with Gasteiger partial charge in [0.25, 0.3) is 0 Å². The molecule has 33 heavy (non-hydrogen) atoms. The molecule has 0 fully saturated rings. The molecule has 3 heterocycles. The van der Waals surface area contributed by atoms with Gasteiger partial charge in [0.1, 0.15) is 5.69 Å². The Balaban J connectivity index is 1.59. The first-order valence-electron chi connectivity index (χ1n) is 10.5. The molecule has 0 spiro atoms. The monoisotopic (exact) mass is 488 g/mol. The fraction of sp³-hybridized carbons (Fsp3) is 0.250. The Morgan fingerprint density at radius 2 is 1.79 bits per heavy atom. The molecule has 0 saturated heterocycles. The SMILES string of the molecule is O=C(CCc1ccc(Cl)c(Cl)c1)c1cc(CCC2=NCCN2)cc(-c2ccc(F)nc2F)n1.